The Labute approximate surface area is 102 Å². The van der Waals surface area contributed by atoms with Gasteiger partial charge in [-0.3, -0.25) is 4.90 Å². The van der Waals surface area contributed by atoms with Gasteiger partial charge in [-0.15, -0.1) is 17.0 Å². The Kier molecular flexibility index (Phi) is 9.70. The lowest BCUT2D eigenvalue weighted by Gasteiger charge is -2.26. The number of hydrogen-bond acceptors (Lipinski definition) is 1. The van der Waals surface area contributed by atoms with E-state index in [4.69, 9.17) is 0 Å². The van der Waals surface area contributed by atoms with Gasteiger partial charge in [0.15, 0.2) is 0 Å². The molecule has 1 nitrogen and oxygen atoms in total. The van der Waals surface area contributed by atoms with Gasteiger partial charge in [-0.05, 0) is 26.8 Å². The van der Waals surface area contributed by atoms with Crippen LogP contribution >= 0.6 is 32.9 Å². The third kappa shape index (κ3) is 9.27. The second kappa shape index (κ2) is 7.93. The molecule has 0 unspecified atom stereocenters. The molecule has 0 bridgehead atoms. The van der Waals surface area contributed by atoms with Gasteiger partial charge in [0.1, 0.15) is 0 Å². The van der Waals surface area contributed by atoms with Gasteiger partial charge in [0, 0.05) is 11.4 Å². The molecule has 0 spiro atoms. The first-order chi connectivity index (χ1) is 5.87. The second-order valence-electron chi connectivity index (χ2n) is 3.22. The van der Waals surface area contributed by atoms with Crippen molar-refractivity contribution in [3.63, 3.8) is 0 Å². The fraction of sp³-hybridized carbons (Fsp3) is 1.00. The highest BCUT2D eigenvalue weighted by Crippen LogP contribution is 2.18. The zero-order valence-corrected chi connectivity index (χ0v) is 11.6. The maximum absolute atomic E-state index is 12.0. The number of halogens is 5. The van der Waals surface area contributed by atoms with Crippen molar-refractivity contribution in [2.24, 2.45) is 0 Å². The lowest BCUT2D eigenvalue weighted by molar-refractivity contribution is -0.149. The Morgan fingerprint density at radius 1 is 1.29 bits per heavy atom. The summed E-state index contributed by atoms with van der Waals surface area (Å²) < 4.78 is 36.1. The van der Waals surface area contributed by atoms with E-state index in [1.54, 1.807) is 13.8 Å². The minimum atomic E-state index is -4.09. The molecular formula is C8H16Br2F3N. The number of rotatable bonds is 5. The standard InChI is InChI=1S/C8H15BrF3N.BrH/c1-7(2)13(5-3-4-9)6-8(10,11)12;/h7H,3-6H2,1-2H3;1H. The van der Waals surface area contributed by atoms with E-state index in [0.29, 0.717) is 6.54 Å². The van der Waals surface area contributed by atoms with Gasteiger partial charge in [-0.2, -0.15) is 13.2 Å². The molecule has 0 aliphatic rings. The van der Waals surface area contributed by atoms with Crippen molar-refractivity contribution < 1.29 is 13.2 Å². The molecule has 0 saturated carbocycles. The third-order valence-corrected chi connectivity index (χ3v) is 2.25. The molecule has 0 amide bonds. The minimum Gasteiger partial charge on any atom is -0.293 e. The van der Waals surface area contributed by atoms with Crippen molar-refractivity contribution in [2.75, 3.05) is 18.4 Å². The normalized spacial score (nSPS) is 12.0. The molecule has 0 aliphatic carbocycles. The highest BCUT2D eigenvalue weighted by molar-refractivity contribution is 9.09. The first-order valence-electron chi connectivity index (χ1n) is 4.23. The maximum atomic E-state index is 12.0. The predicted octanol–water partition coefficient (Wildman–Crippen LogP) is 3.62. The Morgan fingerprint density at radius 2 is 1.79 bits per heavy atom. The van der Waals surface area contributed by atoms with E-state index in [-0.39, 0.29) is 23.0 Å². The largest absolute Gasteiger partial charge is 0.401 e. The van der Waals surface area contributed by atoms with Crippen LogP contribution in [0, 0.1) is 0 Å². The van der Waals surface area contributed by atoms with Crippen LogP contribution in [0.2, 0.25) is 0 Å². The molecule has 0 aromatic rings. The van der Waals surface area contributed by atoms with Crippen molar-refractivity contribution in [1.29, 1.82) is 0 Å². The van der Waals surface area contributed by atoms with Crippen LogP contribution in [-0.2, 0) is 0 Å². The molecule has 0 rings (SSSR count). The summed E-state index contributed by atoms with van der Waals surface area (Å²) in [5.41, 5.74) is 0. The van der Waals surface area contributed by atoms with E-state index in [0.717, 1.165) is 11.8 Å². The van der Waals surface area contributed by atoms with Gasteiger partial charge in [0.05, 0.1) is 6.54 Å². The van der Waals surface area contributed by atoms with Gasteiger partial charge < -0.3 is 0 Å². The highest BCUT2D eigenvalue weighted by atomic mass is 79.9. The van der Waals surface area contributed by atoms with Crippen molar-refractivity contribution >= 4 is 32.9 Å². The Hall–Kier alpha value is 0.710. The van der Waals surface area contributed by atoms with E-state index in [1.165, 1.54) is 4.90 Å². The van der Waals surface area contributed by atoms with Gasteiger partial charge >= 0.3 is 6.18 Å². The molecule has 0 N–H and O–H groups in total. The quantitative estimate of drug-likeness (QED) is 0.690. The van der Waals surface area contributed by atoms with Gasteiger partial charge in [-0.25, -0.2) is 0 Å². The fourth-order valence-electron chi connectivity index (χ4n) is 1.01. The molecule has 0 aromatic heterocycles. The Balaban J connectivity index is 0. The molecule has 88 valence electrons. The summed E-state index contributed by atoms with van der Waals surface area (Å²) in [5, 5.41) is 0.744. The van der Waals surface area contributed by atoms with Crippen LogP contribution in [0.25, 0.3) is 0 Å². The number of hydrogen-bond donors (Lipinski definition) is 0. The van der Waals surface area contributed by atoms with Crippen LogP contribution in [-0.4, -0.2) is 35.5 Å². The topological polar surface area (TPSA) is 3.24 Å². The SMILES string of the molecule is Br.CC(C)N(CCCBr)CC(F)(F)F. The van der Waals surface area contributed by atoms with Gasteiger partial charge in [0.2, 0.25) is 0 Å². The van der Waals surface area contributed by atoms with E-state index in [1.807, 2.05) is 0 Å². The van der Waals surface area contributed by atoms with Crippen LogP contribution < -0.4 is 0 Å². The third-order valence-electron chi connectivity index (χ3n) is 1.69. The van der Waals surface area contributed by atoms with Crippen LogP contribution in [0.4, 0.5) is 13.2 Å². The van der Waals surface area contributed by atoms with Crippen LogP contribution in [0.3, 0.4) is 0 Å². The van der Waals surface area contributed by atoms with E-state index in [9.17, 15) is 13.2 Å². The Morgan fingerprint density at radius 3 is 2.07 bits per heavy atom. The molecule has 0 radical (unpaired) electrons. The van der Waals surface area contributed by atoms with E-state index < -0.39 is 12.7 Å². The molecule has 0 atom stereocenters. The molecular weight excluding hydrogens is 327 g/mol. The average molecular weight is 343 g/mol. The molecule has 0 aromatic carbocycles. The molecule has 14 heavy (non-hydrogen) atoms. The number of alkyl halides is 4. The molecule has 0 saturated heterocycles. The van der Waals surface area contributed by atoms with Crippen molar-refractivity contribution in [1.82, 2.24) is 4.90 Å². The summed E-state index contributed by atoms with van der Waals surface area (Å²) >= 11 is 3.20. The van der Waals surface area contributed by atoms with Crippen molar-refractivity contribution in [3.05, 3.63) is 0 Å². The minimum absolute atomic E-state index is 0. The summed E-state index contributed by atoms with van der Waals surface area (Å²) in [6.07, 6.45) is -3.34. The summed E-state index contributed by atoms with van der Waals surface area (Å²) in [6.45, 7) is 3.24. The Bertz CT molecular complexity index is 139. The molecule has 0 heterocycles. The van der Waals surface area contributed by atoms with Crippen LogP contribution in [0.15, 0.2) is 0 Å². The summed E-state index contributed by atoms with van der Waals surface area (Å²) in [6, 6.07) is -0.0549. The summed E-state index contributed by atoms with van der Waals surface area (Å²) in [5.74, 6) is 0. The van der Waals surface area contributed by atoms with E-state index >= 15 is 0 Å². The lowest BCUT2D eigenvalue weighted by atomic mass is 10.3. The van der Waals surface area contributed by atoms with Crippen LogP contribution in [0.1, 0.15) is 20.3 Å². The summed E-state index contributed by atoms with van der Waals surface area (Å²) in [4.78, 5) is 1.43. The molecule has 0 fully saturated rings. The molecule has 6 heteroatoms. The number of nitrogens with zero attached hydrogens (tertiary/aromatic N) is 1. The van der Waals surface area contributed by atoms with Gasteiger partial charge in [0.25, 0.3) is 0 Å². The fourth-order valence-corrected chi connectivity index (χ4v) is 1.26. The van der Waals surface area contributed by atoms with E-state index in [2.05, 4.69) is 15.9 Å². The summed E-state index contributed by atoms with van der Waals surface area (Å²) in [7, 11) is 0. The first kappa shape index (κ1) is 17.1. The highest BCUT2D eigenvalue weighted by Gasteiger charge is 2.31. The maximum Gasteiger partial charge on any atom is 0.401 e. The monoisotopic (exact) mass is 341 g/mol. The predicted molar refractivity (Wildman–Crippen MR) is 61.5 cm³/mol. The lowest BCUT2D eigenvalue weighted by Crippen LogP contribution is -2.39. The molecule has 0 aliphatic heterocycles. The van der Waals surface area contributed by atoms with Crippen molar-refractivity contribution in [2.45, 2.75) is 32.5 Å². The first-order valence-corrected chi connectivity index (χ1v) is 5.35. The zero-order chi connectivity index (χ0) is 10.5. The van der Waals surface area contributed by atoms with Crippen molar-refractivity contribution in [3.8, 4) is 0 Å². The zero-order valence-electron chi connectivity index (χ0n) is 8.27. The van der Waals surface area contributed by atoms with Gasteiger partial charge in [-0.1, -0.05) is 15.9 Å². The second-order valence-corrected chi connectivity index (χ2v) is 4.01. The smallest absolute Gasteiger partial charge is 0.293 e. The van der Waals surface area contributed by atoms with Crippen LogP contribution in [0.5, 0.6) is 0 Å². The average Bonchev–Trinajstić information content (AvgIpc) is 1.95.